The van der Waals surface area contributed by atoms with E-state index in [-0.39, 0.29) is 28.6 Å². The molecule has 0 spiro atoms. The predicted molar refractivity (Wildman–Crippen MR) is 134 cm³/mol. The molecule has 6 rings (SSSR count). The van der Waals surface area contributed by atoms with Crippen LogP contribution in [0.3, 0.4) is 0 Å². The summed E-state index contributed by atoms with van der Waals surface area (Å²) in [7, 11) is 0. The second-order valence-corrected chi connectivity index (χ2v) is 9.72. The molecule has 1 saturated heterocycles. The molecular weight excluding hydrogens is 496 g/mol. The highest BCUT2D eigenvalue weighted by atomic mass is 19.1. The Labute approximate surface area is 215 Å². The number of ether oxygens (including phenoxy) is 1. The third-order valence-corrected chi connectivity index (χ3v) is 7.02. The molecule has 2 N–H and O–H groups in total. The van der Waals surface area contributed by atoms with Crippen LogP contribution in [0.1, 0.15) is 41.2 Å². The van der Waals surface area contributed by atoms with Gasteiger partial charge in [0.1, 0.15) is 11.6 Å². The lowest BCUT2D eigenvalue weighted by Crippen LogP contribution is -2.48. The van der Waals surface area contributed by atoms with Crippen molar-refractivity contribution >= 4 is 16.8 Å². The molecule has 0 bridgehead atoms. The van der Waals surface area contributed by atoms with Crippen molar-refractivity contribution in [3.8, 4) is 11.3 Å². The average molecular weight is 522 g/mol. The van der Waals surface area contributed by atoms with Gasteiger partial charge >= 0.3 is 0 Å². The number of aliphatic hydroxyl groups excluding tert-OH is 1. The van der Waals surface area contributed by atoms with Crippen molar-refractivity contribution in [1.82, 2.24) is 24.6 Å². The van der Waals surface area contributed by atoms with Gasteiger partial charge in [-0.2, -0.15) is 5.10 Å². The van der Waals surface area contributed by atoms with Gasteiger partial charge in [-0.25, -0.2) is 8.78 Å². The monoisotopic (exact) mass is 521 g/mol. The molecule has 2 atom stereocenters. The molecule has 1 aliphatic carbocycles. The molecule has 1 saturated carbocycles. The fourth-order valence-electron chi connectivity index (χ4n) is 4.75. The van der Waals surface area contributed by atoms with Crippen molar-refractivity contribution in [2.45, 2.75) is 44.0 Å². The summed E-state index contributed by atoms with van der Waals surface area (Å²) in [6.45, 7) is 0.0486. The molecule has 3 aromatic heterocycles. The number of carbonyl (C=O) groups is 1. The Hall–Kier alpha value is -3.96. The lowest BCUT2D eigenvalue weighted by atomic mass is 10.0. The highest BCUT2D eigenvalue weighted by Crippen LogP contribution is 2.35. The second-order valence-electron chi connectivity index (χ2n) is 9.72. The van der Waals surface area contributed by atoms with E-state index >= 15 is 8.78 Å². The number of benzene rings is 1. The molecular formula is C27H25F2N5O4. The molecule has 1 aliphatic heterocycles. The minimum atomic E-state index is -0.879. The van der Waals surface area contributed by atoms with Gasteiger partial charge in [0.05, 0.1) is 53.5 Å². The van der Waals surface area contributed by atoms with E-state index in [2.05, 4.69) is 15.4 Å². The van der Waals surface area contributed by atoms with E-state index in [0.29, 0.717) is 30.3 Å². The predicted octanol–water partition coefficient (Wildman–Crippen LogP) is 2.80. The molecule has 4 aromatic rings. The first-order valence-electron chi connectivity index (χ1n) is 12.5. The number of aliphatic hydroxyl groups is 1. The third-order valence-electron chi connectivity index (χ3n) is 7.02. The quantitative estimate of drug-likeness (QED) is 0.404. The average Bonchev–Trinajstić information content (AvgIpc) is 3.64. The van der Waals surface area contributed by atoms with Crippen molar-refractivity contribution in [2.24, 2.45) is 0 Å². The number of fused-ring (bicyclic) bond motifs is 1. The summed E-state index contributed by atoms with van der Waals surface area (Å²) in [5.74, 6) is -2.21. The summed E-state index contributed by atoms with van der Waals surface area (Å²) in [6.07, 6.45) is 6.11. The van der Waals surface area contributed by atoms with E-state index in [1.165, 1.54) is 30.6 Å². The van der Waals surface area contributed by atoms with Gasteiger partial charge < -0.3 is 19.7 Å². The Balaban J connectivity index is 1.34. The lowest BCUT2D eigenvalue weighted by Gasteiger charge is -2.28. The number of rotatable bonds is 6. The molecule has 2 fully saturated rings. The van der Waals surface area contributed by atoms with Gasteiger partial charge in [0.2, 0.25) is 0 Å². The van der Waals surface area contributed by atoms with Crippen molar-refractivity contribution in [3.63, 3.8) is 0 Å². The molecule has 2 aliphatic rings. The standard InChI is InChI=1S/C27H25F2N5O4/c28-20-10-15(22-5-8-34(32-22)16-3-4-16)11-21(29)18(20)12-33-13-19(25-17(27(33)37)2-1-7-30-25)26(36)31-23-6-9-38-14-24(23)35/h1-2,5,7-8,10-11,13,16,23-24,35H,3-4,6,9,12,14H2,(H,31,36)/t23-,24-/m0/s1. The van der Waals surface area contributed by atoms with E-state index in [1.807, 2.05) is 0 Å². The minimum absolute atomic E-state index is 0.0574. The largest absolute Gasteiger partial charge is 0.389 e. The number of aromatic nitrogens is 4. The molecule has 4 heterocycles. The van der Waals surface area contributed by atoms with Crippen molar-refractivity contribution < 1.29 is 23.4 Å². The number of nitrogens with one attached hydrogen (secondary N) is 1. The van der Waals surface area contributed by atoms with Gasteiger partial charge in [0.25, 0.3) is 11.5 Å². The van der Waals surface area contributed by atoms with Crippen LogP contribution < -0.4 is 10.9 Å². The van der Waals surface area contributed by atoms with Crippen molar-refractivity contribution in [1.29, 1.82) is 0 Å². The first kappa shape index (κ1) is 24.4. The summed E-state index contributed by atoms with van der Waals surface area (Å²) in [6, 6.07) is 6.97. The number of carbonyl (C=O) groups excluding carboxylic acids is 1. The van der Waals surface area contributed by atoms with Crippen LogP contribution in [0, 0.1) is 11.6 Å². The van der Waals surface area contributed by atoms with E-state index < -0.39 is 41.8 Å². The number of amides is 1. The number of pyridine rings is 2. The van der Waals surface area contributed by atoms with Crippen LogP contribution >= 0.6 is 0 Å². The Morgan fingerprint density at radius 2 is 1.97 bits per heavy atom. The van der Waals surface area contributed by atoms with Gasteiger partial charge in [-0.3, -0.25) is 19.3 Å². The second kappa shape index (κ2) is 9.73. The highest BCUT2D eigenvalue weighted by Gasteiger charge is 2.28. The smallest absolute Gasteiger partial charge is 0.260 e. The molecule has 9 nitrogen and oxygen atoms in total. The third kappa shape index (κ3) is 4.59. The number of hydrogen-bond donors (Lipinski definition) is 2. The van der Waals surface area contributed by atoms with E-state index in [4.69, 9.17) is 4.74 Å². The Kier molecular flexibility index (Phi) is 6.24. The molecule has 1 amide bonds. The van der Waals surface area contributed by atoms with Crippen LogP contribution in [0.25, 0.3) is 22.2 Å². The summed E-state index contributed by atoms with van der Waals surface area (Å²) in [5, 5.41) is 17.5. The fourth-order valence-corrected chi connectivity index (χ4v) is 4.75. The van der Waals surface area contributed by atoms with Gasteiger partial charge in [-0.05, 0) is 49.6 Å². The maximum absolute atomic E-state index is 15.2. The summed E-state index contributed by atoms with van der Waals surface area (Å²) < 4.78 is 38.5. The molecule has 0 unspecified atom stereocenters. The van der Waals surface area contributed by atoms with Gasteiger partial charge in [0.15, 0.2) is 0 Å². The summed E-state index contributed by atoms with van der Waals surface area (Å²) >= 11 is 0. The van der Waals surface area contributed by atoms with Crippen LogP contribution in [-0.4, -0.2) is 55.7 Å². The number of nitrogens with zero attached hydrogens (tertiary/aromatic N) is 4. The first-order chi connectivity index (χ1) is 18.4. The van der Waals surface area contributed by atoms with E-state index in [1.54, 1.807) is 23.0 Å². The molecule has 38 heavy (non-hydrogen) atoms. The first-order valence-corrected chi connectivity index (χ1v) is 12.5. The Morgan fingerprint density at radius 3 is 2.71 bits per heavy atom. The topological polar surface area (TPSA) is 111 Å². The van der Waals surface area contributed by atoms with Gasteiger partial charge in [-0.15, -0.1) is 0 Å². The molecule has 1 aromatic carbocycles. The minimum Gasteiger partial charge on any atom is -0.389 e. The summed E-state index contributed by atoms with van der Waals surface area (Å²) in [4.78, 5) is 30.6. The Morgan fingerprint density at radius 1 is 1.18 bits per heavy atom. The van der Waals surface area contributed by atoms with Crippen LogP contribution in [-0.2, 0) is 11.3 Å². The maximum atomic E-state index is 15.2. The number of halogens is 2. The molecule has 0 radical (unpaired) electrons. The SMILES string of the molecule is O=C(N[C@H]1CCOC[C@@H]1O)c1cn(Cc2c(F)cc(-c3ccn(C4CC4)n3)cc2F)c(=O)c2cccnc12. The zero-order valence-corrected chi connectivity index (χ0v) is 20.3. The molecule has 11 heteroatoms. The lowest BCUT2D eigenvalue weighted by molar-refractivity contribution is -0.0260. The van der Waals surface area contributed by atoms with E-state index in [9.17, 15) is 14.7 Å². The van der Waals surface area contributed by atoms with Crippen molar-refractivity contribution in [3.05, 3.63) is 82.0 Å². The van der Waals surface area contributed by atoms with Crippen molar-refractivity contribution in [2.75, 3.05) is 13.2 Å². The zero-order chi connectivity index (χ0) is 26.4. The highest BCUT2D eigenvalue weighted by molar-refractivity contribution is 6.05. The van der Waals surface area contributed by atoms with Crippen LogP contribution in [0.5, 0.6) is 0 Å². The van der Waals surface area contributed by atoms with Gasteiger partial charge in [0, 0.05) is 36.3 Å². The van der Waals surface area contributed by atoms with Crippen LogP contribution in [0.15, 0.2) is 53.7 Å². The Bertz CT molecular complexity index is 1570. The van der Waals surface area contributed by atoms with E-state index in [0.717, 1.165) is 17.4 Å². The zero-order valence-electron chi connectivity index (χ0n) is 20.3. The van der Waals surface area contributed by atoms with Crippen LogP contribution in [0.4, 0.5) is 8.78 Å². The maximum Gasteiger partial charge on any atom is 0.260 e. The van der Waals surface area contributed by atoms with Crippen LogP contribution in [0.2, 0.25) is 0 Å². The summed E-state index contributed by atoms with van der Waals surface area (Å²) in [5.41, 5.74) is 0.128. The number of hydrogen-bond acceptors (Lipinski definition) is 6. The fraction of sp³-hybridized carbons (Fsp3) is 0.333. The molecule has 196 valence electrons. The normalized spacial score (nSPS) is 19.6. The van der Waals surface area contributed by atoms with Gasteiger partial charge in [-0.1, -0.05) is 0 Å².